The fraction of sp³-hybridized carbons (Fsp3) is 0.462. The Hall–Kier alpha value is -3.50. The van der Waals surface area contributed by atoms with E-state index in [0.717, 1.165) is 19.6 Å². The topological polar surface area (TPSA) is 125 Å². The second-order valence-electron chi connectivity index (χ2n) is 8.93. The summed E-state index contributed by atoms with van der Waals surface area (Å²) in [4.78, 5) is 49.7. The Balaban J connectivity index is 1.71. The summed E-state index contributed by atoms with van der Waals surface area (Å²) in [6.07, 6.45) is 3.85. The van der Waals surface area contributed by atoms with Crippen LogP contribution in [0.5, 0.6) is 0 Å². The van der Waals surface area contributed by atoms with Crippen molar-refractivity contribution in [2.24, 2.45) is 0 Å². The fourth-order valence-corrected chi connectivity index (χ4v) is 4.94. The van der Waals surface area contributed by atoms with Crippen LogP contribution in [0.2, 0.25) is 0 Å². The number of ketones is 1. The average molecular weight is 497 g/mol. The van der Waals surface area contributed by atoms with Crippen LogP contribution in [0.4, 0.5) is 0 Å². The van der Waals surface area contributed by atoms with Crippen LogP contribution in [-0.4, -0.2) is 88.5 Å². The number of carbonyl (C=O) groups excluding carboxylic acids is 3. The largest absolute Gasteiger partial charge is 0.507 e. The van der Waals surface area contributed by atoms with Crippen LogP contribution in [0.25, 0.3) is 5.76 Å². The van der Waals surface area contributed by atoms with Crippen molar-refractivity contribution < 1.29 is 29.0 Å². The van der Waals surface area contributed by atoms with Gasteiger partial charge in [-0.2, -0.15) is 0 Å². The maximum atomic E-state index is 13.3. The smallest absolute Gasteiger partial charge is 0.355 e. The van der Waals surface area contributed by atoms with Crippen molar-refractivity contribution >= 4 is 23.4 Å². The third-order valence-corrected chi connectivity index (χ3v) is 6.69. The molecule has 0 bridgehead atoms. The number of H-pyrrole nitrogens is 1. The van der Waals surface area contributed by atoms with Gasteiger partial charge in [-0.3, -0.25) is 19.5 Å². The van der Waals surface area contributed by atoms with Gasteiger partial charge in [-0.15, -0.1) is 0 Å². The van der Waals surface area contributed by atoms with Crippen LogP contribution in [0.15, 0.2) is 30.1 Å². The molecule has 4 rings (SSSR count). The van der Waals surface area contributed by atoms with Gasteiger partial charge in [-0.25, -0.2) is 4.79 Å². The van der Waals surface area contributed by atoms with E-state index in [2.05, 4.69) is 14.9 Å². The average Bonchev–Trinajstić information content (AvgIpc) is 3.32. The van der Waals surface area contributed by atoms with E-state index in [1.54, 1.807) is 45.3 Å². The van der Waals surface area contributed by atoms with E-state index in [9.17, 15) is 19.5 Å². The number of aryl methyl sites for hydroxylation is 1. The van der Waals surface area contributed by atoms with Gasteiger partial charge >= 0.3 is 5.97 Å². The molecule has 1 unspecified atom stereocenters. The number of aliphatic hydroxyl groups is 1. The summed E-state index contributed by atoms with van der Waals surface area (Å²) in [5.74, 6) is -2.27. The van der Waals surface area contributed by atoms with E-state index >= 15 is 0 Å². The van der Waals surface area contributed by atoms with E-state index in [4.69, 9.17) is 9.47 Å². The highest BCUT2D eigenvalue weighted by molar-refractivity contribution is 6.46. The molecule has 0 radical (unpaired) electrons. The van der Waals surface area contributed by atoms with Crippen LogP contribution in [-0.2, 0) is 19.1 Å². The Kier molecular flexibility index (Phi) is 7.85. The standard InChI is InChI=1S/C26H32N4O6/c1-4-36-26(34)21-16(2)19(17(3)28-21)23(31)20-22(18-6-8-27-9-7-18)30(25(33)24(20)32)11-5-10-29-12-14-35-15-13-29/h6-9,22,28,31H,4-5,10-15H2,1-3H3. The van der Waals surface area contributed by atoms with Crippen LogP contribution < -0.4 is 0 Å². The van der Waals surface area contributed by atoms with E-state index in [1.807, 2.05) is 0 Å². The van der Waals surface area contributed by atoms with Gasteiger partial charge < -0.3 is 24.5 Å². The number of pyridine rings is 1. The first-order valence-electron chi connectivity index (χ1n) is 12.2. The number of aliphatic hydroxyl groups excluding tert-OH is 1. The maximum Gasteiger partial charge on any atom is 0.355 e. The number of hydrogen-bond donors (Lipinski definition) is 2. The number of aromatic nitrogens is 2. The SMILES string of the molecule is CCOC(=O)c1[nH]c(C)c(C(O)=C2C(=O)C(=O)N(CCCN3CCOCC3)C2c2ccncc2)c1C. The molecule has 0 aromatic carbocycles. The molecule has 0 aliphatic carbocycles. The molecule has 36 heavy (non-hydrogen) atoms. The number of nitrogens with one attached hydrogen (secondary N) is 1. The lowest BCUT2D eigenvalue weighted by atomic mass is 9.94. The van der Waals surface area contributed by atoms with Crippen LogP contribution >= 0.6 is 0 Å². The number of hydrogen-bond acceptors (Lipinski definition) is 8. The Labute approximate surface area is 209 Å². The third-order valence-electron chi connectivity index (χ3n) is 6.69. The summed E-state index contributed by atoms with van der Waals surface area (Å²) < 4.78 is 10.5. The molecular formula is C26H32N4O6. The molecule has 2 N–H and O–H groups in total. The number of morpholine rings is 1. The zero-order chi connectivity index (χ0) is 25.8. The predicted octanol–water partition coefficient (Wildman–Crippen LogP) is 2.35. The molecule has 1 amide bonds. The van der Waals surface area contributed by atoms with E-state index in [0.29, 0.717) is 48.6 Å². The van der Waals surface area contributed by atoms with Crippen molar-refractivity contribution in [3.8, 4) is 0 Å². The molecule has 2 aromatic heterocycles. The van der Waals surface area contributed by atoms with Crippen LogP contribution in [0, 0.1) is 13.8 Å². The Morgan fingerprint density at radius 1 is 1.19 bits per heavy atom. The predicted molar refractivity (Wildman–Crippen MR) is 131 cm³/mol. The van der Waals surface area contributed by atoms with Gasteiger partial charge in [0.2, 0.25) is 0 Å². The molecule has 2 fully saturated rings. The monoisotopic (exact) mass is 496 g/mol. The van der Waals surface area contributed by atoms with Gasteiger partial charge in [-0.1, -0.05) is 0 Å². The molecule has 10 heteroatoms. The molecule has 2 aliphatic heterocycles. The summed E-state index contributed by atoms with van der Waals surface area (Å²) >= 11 is 0. The molecular weight excluding hydrogens is 464 g/mol. The summed E-state index contributed by atoms with van der Waals surface area (Å²) in [6.45, 7) is 9.45. The van der Waals surface area contributed by atoms with Crippen molar-refractivity contribution in [2.45, 2.75) is 33.2 Å². The van der Waals surface area contributed by atoms with Crippen molar-refractivity contribution in [2.75, 3.05) is 46.0 Å². The highest BCUT2D eigenvalue weighted by Crippen LogP contribution is 2.40. The minimum atomic E-state index is -0.766. The molecule has 2 aliphatic rings. The van der Waals surface area contributed by atoms with Crippen molar-refractivity contribution in [1.82, 2.24) is 19.8 Å². The van der Waals surface area contributed by atoms with Gasteiger partial charge in [0.1, 0.15) is 11.5 Å². The highest BCUT2D eigenvalue weighted by atomic mass is 16.5. The summed E-state index contributed by atoms with van der Waals surface area (Å²) in [5.41, 5.74) is 2.15. The van der Waals surface area contributed by atoms with E-state index < -0.39 is 23.7 Å². The van der Waals surface area contributed by atoms with Crippen LogP contribution in [0.3, 0.4) is 0 Å². The fourth-order valence-electron chi connectivity index (χ4n) is 4.94. The Morgan fingerprint density at radius 2 is 1.89 bits per heavy atom. The van der Waals surface area contributed by atoms with Crippen LogP contribution in [0.1, 0.15) is 52.3 Å². The molecule has 2 saturated heterocycles. The van der Waals surface area contributed by atoms with E-state index in [1.165, 1.54) is 4.90 Å². The summed E-state index contributed by atoms with van der Waals surface area (Å²) in [7, 11) is 0. The number of ether oxygens (including phenoxy) is 2. The van der Waals surface area contributed by atoms with Crippen molar-refractivity contribution in [1.29, 1.82) is 0 Å². The molecule has 0 saturated carbocycles. The number of esters is 1. The maximum absolute atomic E-state index is 13.3. The number of amides is 1. The molecule has 1 atom stereocenters. The van der Waals surface area contributed by atoms with Gasteiger partial charge in [0, 0.05) is 49.8 Å². The quantitative estimate of drug-likeness (QED) is 0.247. The number of rotatable bonds is 8. The van der Waals surface area contributed by atoms with Gasteiger partial charge in [0.25, 0.3) is 11.7 Å². The zero-order valence-electron chi connectivity index (χ0n) is 20.9. The number of aromatic amines is 1. The second kappa shape index (κ2) is 11.0. The normalized spacial score (nSPS) is 20.2. The van der Waals surface area contributed by atoms with Gasteiger partial charge in [-0.05, 0) is 50.5 Å². The molecule has 2 aromatic rings. The molecule has 10 nitrogen and oxygen atoms in total. The molecule has 4 heterocycles. The minimum Gasteiger partial charge on any atom is -0.507 e. The van der Waals surface area contributed by atoms with Crippen molar-refractivity contribution in [3.63, 3.8) is 0 Å². The third kappa shape index (κ3) is 4.91. The first-order chi connectivity index (χ1) is 17.3. The lowest BCUT2D eigenvalue weighted by Gasteiger charge is -2.29. The first-order valence-corrected chi connectivity index (χ1v) is 12.2. The molecule has 0 spiro atoms. The first kappa shape index (κ1) is 25.6. The van der Waals surface area contributed by atoms with Gasteiger partial charge in [0.05, 0.1) is 31.4 Å². The number of nitrogens with zero attached hydrogens (tertiary/aromatic N) is 3. The Morgan fingerprint density at radius 3 is 2.56 bits per heavy atom. The summed E-state index contributed by atoms with van der Waals surface area (Å²) in [6, 6.07) is 2.71. The molecule has 192 valence electrons. The second-order valence-corrected chi connectivity index (χ2v) is 8.93. The van der Waals surface area contributed by atoms with Crippen molar-refractivity contribution in [3.05, 3.63) is 58.2 Å². The van der Waals surface area contributed by atoms with E-state index in [-0.39, 0.29) is 23.6 Å². The Bertz CT molecular complexity index is 1170. The summed E-state index contributed by atoms with van der Waals surface area (Å²) in [5, 5.41) is 11.4. The minimum absolute atomic E-state index is 0.00168. The number of Topliss-reactive ketones (excluding diaryl/α,β-unsaturated/α-hetero) is 1. The number of carbonyl (C=O) groups is 3. The van der Waals surface area contributed by atoms with Gasteiger partial charge in [0.15, 0.2) is 0 Å². The lowest BCUT2D eigenvalue weighted by molar-refractivity contribution is -0.140. The lowest BCUT2D eigenvalue weighted by Crippen LogP contribution is -2.38. The zero-order valence-corrected chi connectivity index (χ0v) is 20.9. The number of likely N-dealkylation sites (tertiary alicyclic amines) is 1. The highest BCUT2D eigenvalue weighted by Gasteiger charge is 2.46.